The van der Waals surface area contributed by atoms with E-state index >= 15 is 0 Å². The molecule has 34 heavy (non-hydrogen) atoms. The first-order valence-corrected chi connectivity index (χ1v) is 8.93. The van der Waals surface area contributed by atoms with Crippen LogP contribution in [0.15, 0.2) is 60.7 Å². The number of alkyl halides is 6. The summed E-state index contributed by atoms with van der Waals surface area (Å²) in [6.45, 7) is 0. The topological polar surface area (TPSA) is 105 Å². The molecule has 0 bridgehead atoms. The summed E-state index contributed by atoms with van der Waals surface area (Å²) in [5.41, 5.74) is -4.71. The van der Waals surface area contributed by atoms with Crippen LogP contribution >= 0.6 is 0 Å². The molecule has 0 N–H and O–H groups in total. The molecule has 0 fully saturated rings. The van der Waals surface area contributed by atoms with E-state index in [1.165, 1.54) is 12.1 Å². The maximum Gasteiger partial charge on any atom is 0.420 e. The molecule has 3 rings (SSSR count). The van der Waals surface area contributed by atoms with Crippen LogP contribution in [-0.2, 0) is 12.4 Å². The fourth-order valence-electron chi connectivity index (χ4n) is 2.74. The van der Waals surface area contributed by atoms with Gasteiger partial charge in [0, 0.05) is 24.3 Å². The molecule has 0 saturated carbocycles. The minimum absolute atomic E-state index is 0.247. The first-order valence-electron chi connectivity index (χ1n) is 8.93. The van der Waals surface area contributed by atoms with Crippen molar-refractivity contribution < 1.29 is 45.7 Å². The van der Waals surface area contributed by atoms with Crippen molar-refractivity contribution in [3.05, 3.63) is 92.0 Å². The second-order valence-electron chi connectivity index (χ2n) is 6.52. The maximum absolute atomic E-state index is 13.4. The Morgan fingerprint density at radius 1 is 0.588 bits per heavy atom. The van der Waals surface area contributed by atoms with E-state index in [9.17, 15) is 46.6 Å². The van der Waals surface area contributed by atoms with Crippen molar-refractivity contribution in [2.24, 2.45) is 0 Å². The monoisotopic (exact) mass is 488 g/mol. The average Bonchev–Trinajstić information content (AvgIpc) is 2.73. The predicted octanol–water partition coefficient (Wildman–Crippen LogP) is 7.13. The number of ether oxygens (including phenoxy) is 2. The Hall–Kier alpha value is -4.36. The van der Waals surface area contributed by atoms with Crippen molar-refractivity contribution in [1.29, 1.82) is 0 Å². The lowest BCUT2D eigenvalue weighted by Crippen LogP contribution is -2.09. The van der Waals surface area contributed by atoms with Gasteiger partial charge in [-0.3, -0.25) is 20.2 Å². The van der Waals surface area contributed by atoms with Gasteiger partial charge in [-0.05, 0) is 24.3 Å². The van der Waals surface area contributed by atoms with Gasteiger partial charge in [-0.2, -0.15) is 26.3 Å². The van der Waals surface area contributed by atoms with E-state index in [0.29, 0.717) is 12.1 Å². The van der Waals surface area contributed by atoms with Crippen molar-refractivity contribution in [3.63, 3.8) is 0 Å². The molecule has 0 radical (unpaired) electrons. The number of para-hydroxylation sites is 2. The third-order valence-corrected chi connectivity index (χ3v) is 4.25. The van der Waals surface area contributed by atoms with E-state index in [4.69, 9.17) is 9.47 Å². The third kappa shape index (κ3) is 5.33. The smallest absolute Gasteiger partial charge is 0.420 e. The zero-order valence-corrected chi connectivity index (χ0v) is 16.4. The van der Waals surface area contributed by atoms with Gasteiger partial charge in [0.05, 0.1) is 9.85 Å². The van der Waals surface area contributed by atoms with Crippen LogP contribution in [0.5, 0.6) is 23.0 Å². The second-order valence-corrected chi connectivity index (χ2v) is 6.52. The summed E-state index contributed by atoms with van der Waals surface area (Å²) >= 11 is 0. The number of nitro groups is 2. The van der Waals surface area contributed by atoms with Crippen molar-refractivity contribution in [3.8, 4) is 23.0 Å². The van der Waals surface area contributed by atoms with E-state index in [1.807, 2.05) is 0 Å². The summed E-state index contributed by atoms with van der Waals surface area (Å²) in [7, 11) is 0. The fraction of sp³-hybridized carbons (Fsp3) is 0.100. The van der Waals surface area contributed by atoms with Crippen molar-refractivity contribution >= 4 is 11.4 Å². The van der Waals surface area contributed by atoms with Crippen LogP contribution in [0.1, 0.15) is 11.1 Å². The van der Waals surface area contributed by atoms with Gasteiger partial charge in [0.25, 0.3) is 11.4 Å². The SMILES string of the molecule is O=[N+]([O-])c1ccc(Oc2ccccc2Oc2ccc([N+](=O)[O-])cc2C(F)(F)F)c(C(F)(F)F)c1. The molecule has 0 heterocycles. The van der Waals surface area contributed by atoms with Crippen LogP contribution < -0.4 is 9.47 Å². The normalized spacial score (nSPS) is 11.7. The first kappa shape index (κ1) is 24.3. The highest BCUT2D eigenvalue weighted by atomic mass is 19.4. The zero-order valence-electron chi connectivity index (χ0n) is 16.4. The maximum atomic E-state index is 13.4. The second kappa shape index (κ2) is 8.88. The lowest BCUT2D eigenvalue weighted by atomic mass is 10.1. The molecule has 0 spiro atoms. The molecule has 0 amide bonds. The van der Waals surface area contributed by atoms with Crippen LogP contribution in [0.25, 0.3) is 0 Å². The van der Waals surface area contributed by atoms with Gasteiger partial charge in [0.2, 0.25) is 0 Å². The quantitative estimate of drug-likeness (QED) is 0.208. The fourth-order valence-corrected chi connectivity index (χ4v) is 2.74. The molecule has 0 aliphatic carbocycles. The van der Waals surface area contributed by atoms with Gasteiger partial charge >= 0.3 is 12.4 Å². The zero-order chi connectivity index (χ0) is 25.3. The van der Waals surface area contributed by atoms with E-state index in [1.54, 1.807) is 0 Å². The van der Waals surface area contributed by atoms with Crippen LogP contribution in [0, 0.1) is 20.2 Å². The Labute approximate surface area is 185 Å². The highest BCUT2D eigenvalue weighted by Crippen LogP contribution is 2.45. The minimum Gasteiger partial charge on any atom is -0.453 e. The molecule has 0 saturated heterocycles. The Balaban J connectivity index is 2.04. The summed E-state index contributed by atoms with van der Waals surface area (Å²) < 4.78 is 90.9. The molecule has 3 aromatic carbocycles. The number of benzene rings is 3. The van der Waals surface area contributed by atoms with Crippen LogP contribution in [0.3, 0.4) is 0 Å². The van der Waals surface area contributed by atoms with Gasteiger partial charge in [-0.15, -0.1) is 0 Å². The Morgan fingerprint density at radius 3 is 1.24 bits per heavy atom. The summed E-state index contributed by atoms with van der Waals surface area (Å²) in [4.78, 5) is 19.6. The molecule has 0 aliphatic rings. The molecule has 14 heteroatoms. The van der Waals surface area contributed by atoms with Crippen molar-refractivity contribution in [2.75, 3.05) is 0 Å². The number of non-ortho nitro benzene ring substituents is 2. The summed E-state index contributed by atoms with van der Waals surface area (Å²) in [5, 5.41) is 21.7. The molecular weight excluding hydrogens is 478 g/mol. The molecule has 0 aliphatic heterocycles. The Bertz CT molecular complexity index is 1160. The number of halogens is 6. The molecule has 178 valence electrons. The molecule has 0 unspecified atom stereocenters. The van der Waals surface area contributed by atoms with E-state index in [-0.39, 0.29) is 12.1 Å². The Morgan fingerprint density at radius 2 is 0.941 bits per heavy atom. The van der Waals surface area contributed by atoms with E-state index in [2.05, 4.69) is 0 Å². The highest BCUT2D eigenvalue weighted by molar-refractivity contribution is 5.52. The Kier molecular flexibility index (Phi) is 6.34. The van der Waals surface area contributed by atoms with Gasteiger partial charge < -0.3 is 9.47 Å². The highest BCUT2D eigenvalue weighted by Gasteiger charge is 2.38. The summed E-state index contributed by atoms with van der Waals surface area (Å²) in [5.74, 6) is -2.63. The number of nitrogens with zero attached hydrogens (tertiary/aromatic N) is 2. The van der Waals surface area contributed by atoms with Crippen molar-refractivity contribution in [2.45, 2.75) is 12.4 Å². The van der Waals surface area contributed by atoms with Gasteiger partial charge in [0.15, 0.2) is 11.5 Å². The first-order chi connectivity index (χ1) is 15.8. The standard InChI is InChI=1S/C20H10F6N2O6/c21-19(22,23)13-9-11(27(29)30)5-7-15(13)33-17-3-1-2-4-18(17)34-16-8-6-12(28(31)32)10-14(16)20(24,25)26/h1-10H. The van der Waals surface area contributed by atoms with Gasteiger partial charge in [-0.1, -0.05) is 12.1 Å². The number of hydrogen-bond acceptors (Lipinski definition) is 6. The van der Waals surface area contributed by atoms with Crippen LogP contribution in [0.4, 0.5) is 37.7 Å². The van der Waals surface area contributed by atoms with Gasteiger partial charge in [0.1, 0.15) is 22.6 Å². The van der Waals surface area contributed by atoms with Gasteiger partial charge in [-0.25, -0.2) is 0 Å². The molecular formula is C20H10F6N2O6. The number of hydrogen-bond donors (Lipinski definition) is 0. The largest absolute Gasteiger partial charge is 0.453 e. The molecule has 3 aromatic rings. The average molecular weight is 488 g/mol. The summed E-state index contributed by atoms with van der Waals surface area (Å²) in [6.07, 6.45) is -10.1. The molecule has 0 aromatic heterocycles. The summed E-state index contributed by atoms with van der Waals surface area (Å²) in [6, 6.07) is 8.15. The molecule has 0 atom stereocenters. The number of rotatable bonds is 6. The van der Waals surface area contributed by atoms with Crippen molar-refractivity contribution in [1.82, 2.24) is 0 Å². The lowest BCUT2D eigenvalue weighted by Gasteiger charge is -2.17. The minimum atomic E-state index is -5.06. The predicted molar refractivity (Wildman–Crippen MR) is 103 cm³/mol. The van der Waals surface area contributed by atoms with Crippen LogP contribution in [-0.4, -0.2) is 9.85 Å². The van der Waals surface area contributed by atoms with E-state index < -0.39 is 67.7 Å². The lowest BCUT2D eigenvalue weighted by molar-refractivity contribution is -0.385. The third-order valence-electron chi connectivity index (χ3n) is 4.25. The molecule has 8 nitrogen and oxygen atoms in total. The number of nitro benzene ring substituents is 2. The van der Waals surface area contributed by atoms with E-state index in [0.717, 1.165) is 24.3 Å². The van der Waals surface area contributed by atoms with Crippen LogP contribution in [0.2, 0.25) is 0 Å².